The van der Waals surface area contributed by atoms with Gasteiger partial charge >= 0.3 is 0 Å². The molecule has 1 saturated carbocycles. The van der Waals surface area contributed by atoms with Crippen LogP contribution in [0, 0.1) is 5.92 Å². The van der Waals surface area contributed by atoms with Crippen LogP contribution in [0.5, 0.6) is 0 Å². The van der Waals surface area contributed by atoms with Crippen LogP contribution in [0.3, 0.4) is 0 Å². The number of imidazole rings is 1. The lowest BCUT2D eigenvalue weighted by molar-refractivity contribution is -0.132. The van der Waals surface area contributed by atoms with E-state index in [1.54, 1.807) is 0 Å². The Bertz CT molecular complexity index is 507. The van der Waals surface area contributed by atoms with Crippen molar-refractivity contribution < 1.29 is 4.79 Å². The van der Waals surface area contributed by atoms with Crippen LogP contribution in [0.1, 0.15) is 44.3 Å². The zero-order valence-electron chi connectivity index (χ0n) is 14.4. The summed E-state index contributed by atoms with van der Waals surface area (Å²) in [6.45, 7) is 4.96. The lowest BCUT2D eigenvalue weighted by Gasteiger charge is -2.23. The maximum absolute atomic E-state index is 12.5. The van der Waals surface area contributed by atoms with Gasteiger partial charge in [-0.25, -0.2) is 4.98 Å². The number of hydrogen-bond acceptors (Lipinski definition) is 3. The van der Waals surface area contributed by atoms with Crippen molar-refractivity contribution in [2.24, 2.45) is 13.0 Å². The number of hydrogen-bond donors (Lipinski definition) is 0. The number of aromatic nitrogens is 2. The maximum atomic E-state index is 12.5. The van der Waals surface area contributed by atoms with Gasteiger partial charge in [0.25, 0.3) is 0 Å². The lowest BCUT2D eigenvalue weighted by atomic mass is 10.0. The molecule has 2 heterocycles. The standard InChI is InChI=1S/C18H30N4O/c1-20-12-8-19-17(20)7-11-21-9-4-10-22(14-13-21)18(23)15-16-5-2-3-6-16/h8,12,16H,2-7,9-11,13-15H2,1H3. The summed E-state index contributed by atoms with van der Waals surface area (Å²) in [7, 11) is 2.05. The van der Waals surface area contributed by atoms with Crippen LogP contribution in [-0.2, 0) is 18.3 Å². The van der Waals surface area contributed by atoms with Crippen LogP contribution in [-0.4, -0.2) is 58.0 Å². The topological polar surface area (TPSA) is 41.4 Å². The first-order valence-electron chi connectivity index (χ1n) is 9.18. The second kappa shape index (κ2) is 7.95. The Kier molecular flexibility index (Phi) is 5.70. The van der Waals surface area contributed by atoms with Gasteiger partial charge < -0.3 is 14.4 Å². The van der Waals surface area contributed by atoms with Gasteiger partial charge in [0.05, 0.1) is 0 Å². The Hall–Kier alpha value is -1.36. The molecule has 0 bridgehead atoms. The Morgan fingerprint density at radius 3 is 2.74 bits per heavy atom. The Balaban J connectivity index is 1.43. The summed E-state index contributed by atoms with van der Waals surface area (Å²) in [6, 6.07) is 0. The maximum Gasteiger partial charge on any atom is 0.222 e. The quantitative estimate of drug-likeness (QED) is 0.835. The molecule has 0 aromatic carbocycles. The van der Waals surface area contributed by atoms with Gasteiger partial charge in [-0.2, -0.15) is 0 Å². The van der Waals surface area contributed by atoms with E-state index in [1.807, 2.05) is 19.4 Å². The summed E-state index contributed by atoms with van der Waals surface area (Å²) < 4.78 is 2.09. The predicted octanol–water partition coefficient (Wildman–Crippen LogP) is 2.08. The molecule has 1 saturated heterocycles. The van der Waals surface area contributed by atoms with E-state index in [2.05, 4.69) is 19.4 Å². The van der Waals surface area contributed by atoms with Crippen molar-refractivity contribution >= 4 is 5.91 Å². The highest BCUT2D eigenvalue weighted by molar-refractivity contribution is 5.76. The van der Waals surface area contributed by atoms with Crippen molar-refractivity contribution in [1.29, 1.82) is 0 Å². The minimum atomic E-state index is 0.392. The third-order valence-electron chi connectivity index (χ3n) is 5.45. The van der Waals surface area contributed by atoms with Gasteiger partial charge in [-0.15, -0.1) is 0 Å². The van der Waals surface area contributed by atoms with Crippen LogP contribution in [0.4, 0.5) is 0 Å². The normalized spacial score (nSPS) is 20.8. The lowest BCUT2D eigenvalue weighted by Crippen LogP contribution is -2.36. The summed E-state index contributed by atoms with van der Waals surface area (Å²) in [5.41, 5.74) is 0. The number of nitrogens with zero attached hydrogens (tertiary/aromatic N) is 4. The average molecular weight is 318 g/mol. The van der Waals surface area contributed by atoms with E-state index < -0.39 is 0 Å². The van der Waals surface area contributed by atoms with Crippen molar-refractivity contribution in [2.75, 3.05) is 32.7 Å². The second-order valence-electron chi connectivity index (χ2n) is 7.13. The van der Waals surface area contributed by atoms with Crippen molar-refractivity contribution in [3.63, 3.8) is 0 Å². The summed E-state index contributed by atoms with van der Waals surface area (Å²) in [6.07, 6.45) is 11.9. The van der Waals surface area contributed by atoms with Crippen LogP contribution < -0.4 is 0 Å². The molecule has 1 aromatic heterocycles. The summed E-state index contributed by atoms with van der Waals surface area (Å²) in [5.74, 6) is 2.19. The molecule has 0 atom stereocenters. The van der Waals surface area contributed by atoms with E-state index in [9.17, 15) is 4.79 Å². The van der Waals surface area contributed by atoms with Crippen LogP contribution >= 0.6 is 0 Å². The third kappa shape index (κ3) is 4.56. The molecule has 0 spiro atoms. The van der Waals surface area contributed by atoms with Crippen molar-refractivity contribution in [2.45, 2.75) is 44.9 Å². The molecule has 128 valence electrons. The van der Waals surface area contributed by atoms with Gasteiger partial charge in [-0.1, -0.05) is 12.8 Å². The fraction of sp³-hybridized carbons (Fsp3) is 0.778. The molecule has 5 nitrogen and oxygen atoms in total. The van der Waals surface area contributed by atoms with E-state index in [-0.39, 0.29) is 0 Å². The smallest absolute Gasteiger partial charge is 0.222 e. The minimum Gasteiger partial charge on any atom is -0.341 e. The number of rotatable bonds is 5. The van der Waals surface area contributed by atoms with Crippen LogP contribution in [0.25, 0.3) is 0 Å². The van der Waals surface area contributed by atoms with Gasteiger partial charge in [-0.3, -0.25) is 4.79 Å². The van der Waals surface area contributed by atoms with Crippen LogP contribution in [0.2, 0.25) is 0 Å². The highest BCUT2D eigenvalue weighted by atomic mass is 16.2. The molecule has 23 heavy (non-hydrogen) atoms. The second-order valence-corrected chi connectivity index (χ2v) is 7.13. The van der Waals surface area contributed by atoms with E-state index in [1.165, 1.54) is 25.7 Å². The first-order valence-corrected chi connectivity index (χ1v) is 9.18. The van der Waals surface area contributed by atoms with Gasteiger partial charge in [-0.05, 0) is 31.7 Å². The molecule has 1 aliphatic heterocycles. The van der Waals surface area contributed by atoms with E-state index in [4.69, 9.17) is 0 Å². The SMILES string of the molecule is Cn1ccnc1CCN1CCCN(C(=O)CC2CCCC2)CC1. The average Bonchev–Trinajstić information content (AvgIpc) is 3.12. The van der Waals surface area contributed by atoms with Crippen molar-refractivity contribution in [3.8, 4) is 0 Å². The van der Waals surface area contributed by atoms with E-state index >= 15 is 0 Å². The third-order valence-corrected chi connectivity index (χ3v) is 5.45. The Morgan fingerprint density at radius 1 is 1.17 bits per heavy atom. The first-order chi connectivity index (χ1) is 11.2. The highest BCUT2D eigenvalue weighted by Crippen LogP contribution is 2.28. The predicted molar refractivity (Wildman–Crippen MR) is 91.1 cm³/mol. The molecule has 3 rings (SSSR count). The number of amides is 1. The highest BCUT2D eigenvalue weighted by Gasteiger charge is 2.23. The summed E-state index contributed by atoms with van der Waals surface area (Å²) in [4.78, 5) is 21.5. The molecule has 1 amide bonds. The zero-order valence-corrected chi connectivity index (χ0v) is 14.4. The molecule has 0 radical (unpaired) electrons. The van der Waals surface area contributed by atoms with Crippen molar-refractivity contribution in [3.05, 3.63) is 18.2 Å². The molecule has 1 aromatic rings. The van der Waals surface area contributed by atoms with Gasteiger partial charge in [0.2, 0.25) is 5.91 Å². The Morgan fingerprint density at radius 2 is 2.00 bits per heavy atom. The van der Waals surface area contributed by atoms with Gasteiger partial charge in [0.15, 0.2) is 0 Å². The number of carbonyl (C=O) groups excluding carboxylic acids is 1. The Labute approximate surface area is 139 Å². The fourth-order valence-corrected chi connectivity index (χ4v) is 3.93. The van der Waals surface area contributed by atoms with Crippen LogP contribution in [0.15, 0.2) is 12.4 Å². The zero-order chi connectivity index (χ0) is 16.1. The molecule has 1 aliphatic carbocycles. The molecular formula is C18H30N4O. The number of aryl methyl sites for hydroxylation is 1. The largest absolute Gasteiger partial charge is 0.341 e. The minimum absolute atomic E-state index is 0.392. The summed E-state index contributed by atoms with van der Waals surface area (Å²) in [5, 5.41) is 0. The molecular weight excluding hydrogens is 288 g/mol. The van der Waals surface area contributed by atoms with E-state index in [0.717, 1.165) is 57.8 Å². The van der Waals surface area contributed by atoms with E-state index in [0.29, 0.717) is 11.8 Å². The molecule has 5 heteroatoms. The van der Waals surface area contributed by atoms with Crippen molar-refractivity contribution in [1.82, 2.24) is 19.4 Å². The molecule has 0 unspecified atom stereocenters. The van der Waals surface area contributed by atoms with Gasteiger partial charge in [0, 0.05) is 58.5 Å². The monoisotopic (exact) mass is 318 g/mol. The first kappa shape index (κ1) is 16.5. The molecule has 0 N–H and O–H groups in total. The molecule has 2 fully saturated rings. The molecule has 2 aliphatic rings. The summed E-state index contributed by atoms with van der Waals surface area (Å²) >= 11 is 0. The van der Waals surface area contributed by atoms with Gasteiger partial charge in [0.1, 0.15) is 5.82 Å². The fourth-order valence-electron chi connectivity index (χ4n) is 3.93. The number of carbonyl (C=O) groups is 1.